The van der Waals surface area contributed by atoms with Gasteiger partial charge in [-0.05, 0) is 18.9 Å². The number of nitrogens with zero attached hydrogens (tertiary/aromatic N) is 1. The van der Waals surface area contributed by atoms with Crippen molar-refractivity contribution in [2.24, 2.45) is 5.92 Å². The van der Waals surface area contributed by atoms with Crippen molar-refractivity contribution in [3.05, 3.63) is 24.0 Å². The number of rotatable bonds is 5. The molecule has 0 spiro atoms. The second-order valence-electron chi connectivity index (χ2n) is 3.97. The lowest BCUT2D eigenvalue weighted by atomic mass is 10.1. The van der Waals surface area contributed by atoms with Gasteiger partial charge in [0.1, 0.15) is 5.75 Å². The second kappa shape index (κ2) is 6.59. The SMILES string of the molecule is COc1cnccc1C(=O)NC(C)C(C)CBr. The van der Waals surface area contributed by atoms with Gasteiger partial charge in [-0.25, -0.2) is 0 Å². The molecule has 2 unspecified atom stereocenters. The van der Waals surface area contributed by atoms with Crippen LogP contribution in [0.15, 0.2) is 18.5 Å². The van der Waals surface area contributed by atoms with E-state index in [4.69, 9.17) is 4.74 Å². The van der Waals surface area contributed by atoms with Crippen LogP contribution in [0, 0.1) is 5.92 Å². The molecule has 0 fully saturated rings. The average molecular weight is 301 g/mol. The summed E-state index contributed by atoms with van der Waals surface area (Å²) in [6.07, 6.45) is 3.11. The van der Waals surface area contributed by atoms with Gasteiger partial charge in [0.05, 0.1) is 18.9 Å². The van der Waals surface area contributed by atoms with E-state index in [1.165, 1.54) is 13.3 Å². The van der Waals surface area contributed by atoms with Gasteiger partial charge < -0.3 is 10.1 Å². The Morgan fingerprint density at radius 3 is 2.88 bits per heavy atom. The highest BCUT2D eigenvalue weighted by Crippen LogP contribution is 2.16. The molecule has 1 aromatic rings. The van der Waals surface area contributed by atoms with E-state index in [-0.39, 0.29) is 11.9 Å². The van der Waals surface area contributed by atoms with Crippen molar-refractivity contribution in [3.8, 4) is 5.75 Å². The van der Waals surface area contributed by atoms with Crippen molar-refractivity contribution in [2.75, 3.05) is 12.4 Å². The Kier molecular flexibility index (Phi) is 5.41. The first-order valence-electron chi connectivity index (χ1n) is 5.45. The molecule has 4 nitrogen and oxygen atoms in total. The molecule has 0 aliphatic heterocycles. The quantitative estimate of drug-likeness (QED) is 0.849. The Bertz CT molecular complexity index is 385. The van der Waals surface area contributed by atoms with Crippen LogP contribution in [0.1, 0.15) is 24.2 Å². The maximum atomic E-state index is 12.0. The molecule has 1 rings (SSSR count). The third-order valence-electron chi connectivity index (χ3n) is 2.70. The summed E-state index contributed by atoms with van der Waals surface area (Å²) < 4.78 is 5.10. The van der Waals surface area contributed by atoms with Gasteiger partial charge in [-0.2, -0.15) is 0 Å². The molecule has 17 heavy (non-hydrogen) atoms. The highest BCUT2D eigenvalue weighted by molar-refractivity contribution is 9.09. The Morgan fingerprint density at radius 1 is 1.59 bits per heavy atom. The van der Waals surface area contributed by atoms with Crippen molar-refractivity contribution in [2.45, 2.75) is 19.9 Å². The number of alkyl halides is 1. The zero-order valence-corrected chi connectivity index (χ0v) is 11.8. The summed E-state index contributed by atoms with van der Waals surface area (Å²) in [6.45, 7) is 4.06. The van der Waals surface area contributed by atoms with Crippen molar-refractivity contribution < 1.29 is 9.53 Å². The number of carbonyl (C=O) groups is 1. The van der Waals surface area contributed by atoms with E-state index in [0.717, 1.165) is 5.33 Å². The van der Waals surface area contributed by atoms with E-state index in [0.29, 0.717) is 17.2 Å². The molecule has 1 heterocycles. The zero-order valence-electron chi connectivity index (χ0n) is 10.2. The van der Waals surface area contributed by atoms with E-state index in [1.807, 2.05) is 6.92 Å². The maximum Gasteiger partial charge on any atom is 0.255 e. The van der Waals surface area contributed by atoms with Crippen LogP contribution in [0.25, 0.3) is 0 Å². The van der Waals surface area contributed by atoms with Crippen LogP contribution in [0.5, 0.6) is 5.75 Å². The van der Waals surface area contributed by atoms with Crippen LogP contribution in [0.4, 0.5) is 0 Å². The molecule has 0 saturated heterocycles. The number of pyridine rings is 1. The van der Waals surface area contributed by atoms with Gasteiger partial charge in [0, 0.05) is 17.6 Å². The summed E-state index contributed by atoms with van der Waals surface area (Å²) >= 11 is 3.40. The van der Waals surface area contributed by atoms with Crippen LogP contribution in [0.3, 0.4) is 0 Å². The highest BCUT2D eigenvalue weighted by Gasteiger charge is 2.17. The first kappa shape index (κ1) is 14.0. The van der Waals surface area contributed by atoms with Crippen molar-refractivity contribution in [3.63, 3.8) is 0 Å². The Hall–Kier alpha value is -1.10. The number of amides is 1. The number of halogens is 1. The number of hydrogen-bond acceptors (Lipinski definition) is 3. The molecule has 0 saturated carbocycles. The highest BCUT2D eigenvalue weighted by atomic mass is 79.9. The smallest absolute Gasteiger partial charge is 0.255 e. The Balaban J connectivity index is 2.76. The first-order chi connectivity index (χ1) is 8.10. The summed E-state index contributed by atoms with van der Waals surface area (Å²) in [4.78, 5) is 15.9. The maximum absolute atomic E-state index is 12.0. The lowest BCUT2D eigenvalue weighted by Crippen LogP contribution is -2.37. The van der Waals surface area contributed by atoms with E-state index in [2.05, 4.69) is 33.2 Å². The summed E-state index contributed by atoms with van der Waals surface area (Å²) in [5, 5.41) is 3.79. The molecule has 5 heteroatoms. The fraction of sp³-hybridized carbons (Fsp3) is 0.500. The minimum absolute atomic E-state index is 0.0970. The van der Waals surface area contributed by atoms with Gasteiger partial charge >= 0.3 is 0 Å². The molecule has 0 aliphatic carbocycles. The third kappa shape index (κ3) is 3.70. The summed E-state index contributed by atoms with van der Waals surface area (Å²) in [5.41, 5.74) is 0.510. The molecule has 1 amide bonds. The van der Waals surface area contributed by atoms with E-state index in [9.17, 15) is 4.79 Å². The number of ether oxygens (including phenoxy) is 1. The Morgan fingerprint density at radius 2 is 2.29 bits per heavy atom. The fourth-order valence-electron chi connectivity index (χ4n) is 1.29. The van der Waals surface area contributed by atoms with Crippen LogP contribution in [-0.2, 0) is 0 Å². The summed E-state index contributed by atoms with van der Waals surface area (Å²) in [5.74, 6) is 0.722. The second-order valence-corrected chi connectivity index (χ2v) is 4.62. The number of nitrogens with one attached hydrogen (secondary N) is 1. The molecule has 0 aliphatic rings. The molecule has 0 radical (unpaired) electrons. The minimum Gasteiger partial charge on any atom is -0.494 e. The van der Waals surface area contributed by atoms with Gasteiger partial charge in [0.25, 0.3) is 5.91 Å². The first-order valence-corrected chi connectivity index (χ1v) is 6.57. The molecule has 1 aromatic heterocycles. The topological polar surface area (TPSA) is 51.2 Å². The molecular weight excluding hydrogens is 284 g/mol. The molecule has 0 aromatic carbocycles. The molecule has 1 N–H and O–H groups in total. The summed E-state index contributed by atoms with van der Waals surface area (Å²) in [7, 11) is 1.53. The predicted molar refractivity (Wildman–Crippen MR) is 70.7 cm³/mol. The van der Waals surface area contributed by atoms with Gasteiger partial charge in [-0.3, -0.25) is 9.78 Å². The monoisotopic (exact) mass is 300 g/mol. The summed E-state index contributed by atoms with van der Waals surface area (Å²) in [6, 6.07) is 1.75. The average Bonchev–Trinajstić information content (AvgIpc) is 2.37. The third-order valence-corrected chi connectivity index (χ3v) is 3.73. The van der Waals surface area contributed by atoms with Crippen LogP contribution < -0.4 is 10.1 Å². The fourth-order valence-corrected chi connectivity index (χ4v) is 1.85. The lowest BCUT2D eigenvalue weighted by Gasteiger charge is -2.19. The van der Waals surface area contributed by atoms with Crippen molar-refractivity contribution >= 4 is 21.8 Å². The van der Waals surface area contributed by atoms with Crippen molar-refractivity contribution in [1.29, 1.82) is 0 Å². The van der Waals surface area contributed by atoms with E-state index < -0.39 is 0 Å². The molecular formula is C12H17BrN2O2. The molecule has 94 valence electrons. The number of methoxy groups -OCH3 is 1. The van der Waals surface area contributed by atoms with Crippen LogP contribution >= 0.6 is 15.9 Å². The van der Waals surface area contributed by atoms with Gasteiger partial charge in [0.15, 0.2) is 0 Å². The lowest BCUT2D eigenvalue weighted by molar-refractivity contribution is 0.0928. The van der Waals surface area contributed by atoms with Gasteiger partial charge in [-0.1, -0.05) is 22.9 Å². The molecule has 0 bridgehead atoms. The van der Waals surface area contributed by atoms with Crippen molar-refractivity contribution in [1.82, 2.24) is 10.3 Å². The standard InChI is InChI=1S/C12H17BrN2O2/c1-8(6-13)9(2)15-12(16)10-4-5-14-7-11(10)17-3/h4-5,7-9H,6H2,1-3H3,(H,15,16). The molecule has 2 atom stereocenters. The van der Waals surface area contributed by atoms with Crippen LogP contribution in [0.2, 0.25) is 0 Å². The minimum atomic E-state index is -0.135. The number of hydrogen-bond donors (Lipinski definition) is 1. The van der Waals surface area contributed by atoms with E-state index in [1.54, 1.807) is 12.3 Å². The zero-order chi connectivity index (χ0) is 12.8. The van der Waals surface area contributed by atoms with E-state index >= 15 is 0 Å². The van der Waals surface area contributed by atoms with Gasteiger partial charge in [-0.15, -0.1) is 0 Å². The normalized spacial score (nSPS) is 13.9. The number of aromatic nitrogens is 1. The largest absolute Gasteiger partial charge is 0.494 e. The number of carbonyl (C=O) groups excluding carboxylic acids is 1. The van der Waals surface area contributed by atoms with Crippen LogP contribution in [-0.4, -0.2) is 29.4 Å². The predicted octanol–water partition coefficient (Wildman–Crippen LogP) is 2.24. The Labute approximate surface area is 110 Å². The van der Waals surface area contributed by atoms with Gasteiger partial charge in [0.2, 0.25) is 0 Å².